The first-order chi connectivity index (χ1) is 11.7. The average molecular weight is 347 g/mol. The Bertz CT molecular complexity index is 691. The van der Waals surface area contributed by atoms with Crippen LogP contribution in [0.2, 0.25) is 0 Å². The van der Waals surface area contributed by atoms with E-state index >= 15 is 0 Å². The molecule has 24 heavy (non-hydrogen) atoms. The van der Waals surface area contributed by atoms with Gasteiger partial charge in [0.25, 0.3) is 0 Å². The van der Waals surface area contributed by atoms with Gasteiger partial charge in [-0.2, -0.15) is 0 Å². The van der Waals surface area contributed by atoms with Gasteiger partial charge < -0.3 is 9.30 Å². The number of thiazole rings is 1. The van der Waals surface area contributed by atoms with Crippen molar-refractivity contribution >= 4 is 11.3 Å². The van der Waals surface area contributed by atoms with Gasteiger partial charge in [-0.25, -0.2) is 9.97 Å². The number of hydrogen-bond acceptors (Lipinski definition) is 5. The van der Waals surface area contributed by atoms with E-state index in [9.17, 15) is 0 Å². The Kier molecular flexibility index (Phi) is 4.70. The summed E-state index contributed by atoms with van der Waals surface area (Å²) in [6, 6.07) is 0.411. The largest absolute Gasteiger partial charge is 0.369 e. The highest BCUT2D eigenvalue weighted by Crippen LogP contribution is 2.32. The molecule has 0 N–H and O–H groups in total. The van der Waals surface area contributed by atoms with Crippen molar-refractivity contribution in [2.75, 3.05) is 13.1 Å². The number of ether oxygens (including phenoxy) is 1. The fourth-order valence-electron chi connectivity index (χ4n) is 3.71. The van der Waals surface area contributed by atoms with Crippen molar-refractivity contribution in [2.24, 2.45) is 5.92 Å². The number of nitrogens with zero attached hydrogens (tertiary/aromatic N) is 4. The van der Waals surface area contributed by atoms with Crippen LogP contribution in [0.4, 0.5) is 0 Å². The van der Waals surface area contributed by atoms with E-state index in [0.29, 0.717) is 19.3 Å². The van der Waals surface area contributed by atoms with E-state index in [2.05, 4.69) is 26.8 Å². The zero-order valence-electron chi connectivity index (χ0n) is 14.6. The molecule has 6 heteroatoms. The predicted molar refractivity (Wildman–Crippen MR) is 94.9 cm³/mol. The van der Waals surface area contributed by atoms with Crippen LogP contribution >= 0.6 is 11.3 Å². The summed E-state index contributed by atoms with van der Waals surface area (Å²) in [5.74, 6) is 2.11. The van der Waals surface area contributed by atoms with E-state index in [1.54, 1.807) is 11.3 Å². The van der Waals surface area contributed by atoms with Crippen molar-refractivity contribution < 1.29 is 4.74 Å². The molecule has 0 saturated heterocycles. The molecule has 130 valence electrons. The first-order valence-electron chi connectivity index (χ1n) is 8.98. The summed E-state index contributed by atoms with van der Waals surface area (Å²) in [6.45, 7) is 8.90. The van der Waals surface area contributed by atoms with Crippen LogP contribution in [0.15, 0.2) is 11.6 Å². The molecule has 4 rings (SSSR count). The topological polar surface area (TPSA) is 43.2 Å². The summed E-state index contributed by atoms with van der Waals surface area (Å²) in [6.07, 6.45) is 6.23. The van der Waals surface area contributed by atoms with Gasteiger partial charge in [0.05, 0.1) is 41.8 Å². The summed E-state index contributed by atoms with van der Waals surface area (Å²) >= 11 is 1.67. The van der Waals surface area contributed by atoms with Crippen molar-refractivity contribution in [1.82, 2.24) is 19.4 Å². The van der Waals surface area contributed by atoms with Gasteiger partial charge in [0.15, 0.2) is 0 Å². The van der Waals surface area contributed by atoms with Crippen molar-refractivity contribution in [1.29, 1.82) is 0 Å². The molecule has 0 unspecified atom stereocenters. The Hall–Kier alpha value is -1.24. The lowest BCUT2D eigenvalue weighted by Gasteiger charge is -2.39. The number of aryl methyl sites for hydroxylation is 1. The first-order valence-corrected chi connectivity index (χ1v) is 9.86. The van der Waals surface area contributed by atoms with Gasteiger partial charge in [-0.1, -0.05) is 6.42 Å². The number of hydrogen-bond donors (Lipinski definition) is 0. The van der Waals surface area contributed by atoms with Crippen LogP contribution in [0.25, 0.3) is 0 Å². The SMILES string of the molecule is Cc1nc(COCc2cnc3n2CCN(CC2CCC2)[C@H]3C)cs1. The summed E-state index contributed by atoms with van der Waals surface area (Å²) in [4.78, 5) is 11.7. The average Bonchev–Trinajstić information content (AvgIpc) is 3.12. The zero-order chi connectivity index (χ0) is 16.5. The Balaban J connectivity index is 1.36. The maximum atomic E-state index is 5.87. The quantitative estimate of drug-likeness (QED) is 0.802. The summed E-state index contributed by atoms with van der Waals surface area (Å²) < 4.78 is 8.22. The van der Waals surface area contributed by atoms with Crippen LogP contribution < -0.4 is 0 Å². The van der Waals surface area contributed by atoms with Gasteiger partial charge in [-0.05, 0) is 32.6 Å². The predicted octanol–water partition coefficient (Wildman–Crippen LogP) is 3.54. The number of rotatable bonds is 6. The lowest BCUT2D eigenvalue weighted by atomic mass is 9.84. The second-order valence-electron chi connectivity index (χ2n) is 7.08. The lowest BCUT2D eigenvalue weighted by molar-refractivity contribution is 0.0897. The van der Waals surface area contributed by atoms with Gasteiger partial charge in [-0.3, -0.25) is 4.90 Å². The highest BCUT2D eigenvalue weighted by atomic mass is 32.1. The van der Waals surface area contributed by atoms with Gasteiger partial charge in [0.1, 0.15) is 5.82 Å². The van der Waals surface area contributed by atoms with Gasteiger partial charge in [0, 0.05) is 25.0 Å². The second-order valence-corrected chi connectivity index (χ2v) is 8.14. The van der Waals surface area contributed by atoms with Crippen LogP contribution in [0.5, 0.6) is 0 Å². The van der Waals surface area contributed by atoms with Crippen molar-refractivity contribution in [3.8, 4) is 0 Å². The van der Waals surface area contributed by atoms with Crippen LogP contribution in [0, 0.1) is 12.8 Å². The van der Waals surface area contributed by atoms with Crippen LogP contribution in [-0.2, 0) is 24.5 Å². The minimum Gasteiger partial charge on any atom is -0.369 e. The third-order valence-electron chi connectivity index (χ3n) is 5.39. The maximum Gasteiger partial charge on any atom is 0.126 e. The second kappa shape index (κ2) is 6.94. The summed E-state index contributed by atoms with van der Waals surface area (Å²) in [5.41, 5.74) is 2.21. The molecule has 0 radical (unpaired) electrons. The molecule has 1 aliphatic heterocycles. The molecule has 3 heterocycles. The third kappa shape index (κ3) is 3.27. The first kappa shape index (κ1) is 16.2. The van der Waals surface area contributed by atoms with E-state index in [1.165, 1.54) is 37.3 Å². The summed E-state index contributed by atoms with van der Waals surface area (Å²) in [5, 5.41) is 3.16. The van der Waals surface area contributed by atoms with Crippen molar-refractivity contribution in [3.63, 3.8) is 0 Å². The van der Waals surface area contributed by atoms with Crippen molar-refractivity contribution in [3.05, 3.63) is 33.8 Å². The van der Waals surface area contributed by atoms with Gasteiger partial charge in [0.2, 0.25) is 0 Å². The Morgan fingerprint density at radius 1 is 1.29 bits per heavy atom. The Morgan fingerprint density at radius 3 is 2.88 bits per heavy atom. The van der Waals surface area contributed by atoms with Gasteiger partial charge >= 0.3 is 0 Å². The molecule has 1 atom stereocenters. The standard InChI is InChI=1S/C18H26N4OS/c1-13-18-19-8-17(11-23-10-16-12-24-14(2)20-16)22(18)7-6-21(13)9-15-4-3-5-15/h8,12-13,15H,3-7,9-11H2,1-2H3/t13-/m0/s1. The number of aromatic nitrogens is 3. The normalized spacial score (nSPS) is 21.7. The zero-order valence-corrected chi connectivity index (χ0v) is 15.4. The lowest BCUT2D eigenvalue weighted by Crippen LogP contribution is -2.41. The molecule has 0 amide bonds. The van der Waals surface area contributed by atoms with Crippen LogP contribution in [-0.4, -0.2) is 32.5 Å². The molecule has 1 fully saturated rings. The van der Waals surface area contributed by atoms with E-state index < -0.39 is 0 Å². The molecule has 2 aromatic heterocycles. The Morgan fingerprint density at radius 2 is 2.17 bits per heavy atom. The number of imidazole rings is 1. The molecular weight excluding hydrogens is 320 g/mol. The smallest absolute Gasteiger partial charge is 0.126 e. The third-order valence-corrected chi connectivity index (χ3v) is 6.21. The fraction of sp³-hybridized carbons (Fsp3) is 0.667. The minimum atomic E-state index is 0.411. The van der Waals surface area contributed by atoms with E-state index in [0.717, 1.165) is 29.7 Å². The molecule has 0 spiro atoms. The van der Waals surface area contributed by atoms with E-state index in [-0.39, 0.29) is 0 Å². The monoisotopic (exact) mass is 346 g/mol. The molecule has 2 aromatic rings. The summed E-state index contributed by atoms with van der Waals surface area (Å²) in [7, 11) is 0. The van der Waals surface area contributed by atoms with Gasteiger partial charge in [-0.15, -0.1) is 11.3 Å². The molecular formula is C18H26N4OS. The van der Waals surface area contributed by atoms with Crippen LogP contribution in [0.1, 0.15) is 54.4 Å². The molecule has 0 bridgehead atoms. The maximum absolute atomic E-state index is 5.87. The van der Waals surface area contributed by atoms with E-state index in [4.69, 9.17) is 9.72 Å². The number of fused-ring (bicyclic) bond motifs is 1. The fourth-order valence-corrected chi connectivity index (χ4v) is 4.31. The minimum absolute atomic E-state index is 0.411. The molecule has 0 aromatic carbocycles. The molecule has 5 nitrogen and oxygen atoms in total. The van der Waals surface area contributed by atoms with E-state index in [1.807, 2.05) is 13.1 Å². The van der Waals surface area contributed by atoms with Crippen molar-refractivity contribution in [2.45, 2.75) is 58.9 Å². The highest BCUT2D eigenvalue weighted by Gasteiger charge is 2.30. The molecule has 1 aliphatic carbocycles. The van der Waals surface area contributed by atoms with Crippen LogP contribution in [0.3, 0.4) is 0 Å². The molecule has 2 aliphatic rings. The Labute approximate surface area is 147 Å². The molecule has 1 saturated carbocycles. The highest BCUT2D eigenvalue weighted by molar-refractivity contribution is 7.09.